The summed E-state index contributed by atoms with van der Waals surface area (Å²) in [7, 11) is 0. The predicted octanol–water partition coefficient (Wildman–Crippen LogP) is 2.96. The number of amides is 1. The van der Waals surface area contributed by atoms with Crippen molar-refractivity contribution in [3.8, 4) is 5.75 Å². The van der Waals surface area contributed by atoms with Gasteiger partial charge in [-0.25, -0.2) is 4.79 Å². The van der Waals surface area contributed by atoms with Crippen molar-refractivity contribution in [2.24, 2.45) is 0 Å². The number of fused-ring (bicyclic) bond motifs is 1. The fourth-order valence-electron chi connectivity index (χ4n) is 2.92. The maximum Gasteiger partial charge on any atom is 0.335 e. The lowest BCUT2D eigenvalue weighted by molar-refractivity contribution is -0.121. The molecule has 1 atom stereocenters. The highest BCUT2D eigenvalue weighted by molar-refractivity contribution is 5.88. The summed E-state index contributed by atoms with van der Waals surface area (Å²) < 4.78 is 5.70. The van der Waals surface area contributed by atoms with Gasteiger partial charge in [-0.15, -0.1) is 0 Å². The Morgan fingerprint density at radius 3 is 2.83 bits per heavy atom. The van der Waals surface area contributed by atoms with Gasteiger partial charge in [0.1, 0.15) is 5.75 Å². The van der Waals surface area contributed by atoms with Gasteiger partial charge in [-0.05, 0) is 36.6 Å². The van der Waals surface area contributed by atoms with Crippen molar-refractivity contribution in [3.63, 3.8) is 0 Å². The molecule has 5 nitrogen and oxygen atoms in total. The molecule has 0 radical (unpaired) electrons. The van der Waals surface area contributed by atoms with Crippen LogP contribution in [0.25, 0.3) is 0 Å². The van der Waals surface area contributed by atoms with Crippen molar-refractivity contribution in [3.05, 3.63) is 65.2 Å². The van der Waals surface area contributed by atoms with Crippen molar-refractivity contribution in [2.75, 3.05) is 6.61 Å². The van der Waals surface area contributed by atoms with Crippen LogP contribution < -0.4 is 10.1 Å². The number of carbonyl (C=O) groups is 2. The second-order valence-corrected chi connectivity index (χ2v) is 5.83. The van der Waals surface area contributed by atoms with E-state index in [2.05, 4.69) is 5.32 Å². The van der Waals surface area contributed by atoms with Crippen LogP contribution in [0.4, 0.5) is 0 Å². The largest absolute Gasteiger partial charge is 0.493 e. The summed E-state index contributed by atoms with van der Waals surface area (Å²) in [6.07, 6.45) is 1.84. The first-order valence-corrected chi connectivity index (χ1v) is 7.97. The minimum Gasteiger partial charge on any atom is -0.493 e. The molecular weight excluding hydrogens is 306 g/mol. The van der Waals surface area contributed by atoms with Gasteiger partial charge in [-0.1, -0.05) is 30.3 Å². The Morgan fingerprint density at radius 2 is 2.00 bits per heavy atom. The summed E-state index contributed by atoms with van der Waals surface area (Å²) in [5, 5.41) is 12.1. The van der Waals surface area contributed by atoms with Gasteiger partial charge in [-0.3, -0.25) is 4.79 Å². The van der Waals surface area contributed by atoms with Crippen LogP contribution in [0.15, 0.2) is 48.5 Å². The van der Waals surface area contributed by atoms with Gasteiger partial charge in [0.15, 0.2) is 0 Å². The molecule has 2 aromatic rings. The molecule has 1 aliphatic rings. The molecule has 0 spiro atoms. The summed E-state index contributed by atoms with van der Waals surface area (Å²) in [6.45, 7) is 0.643. The maximum absolute atomic E-state index is 12.4. The summed E-state index contributed by atoms with van der Waals surface area (Å²) in [4.78, 5) is 23.4. The third-order valence-corrected chi connectivity index (χ3v) is 4.06. The predicted molar refractivity (Wildman–Crippen MR) is 89.2 cm³/mol. The molecule has 1 aliphatic heterocycles. The van der Waals surface area contributed by atoms with Crippen LogP contribution in [0.2, 0.25) is 0 Å². The zero-order valence-electron chi connectivity index (χ0n) is 13.2. The van der Waals surface area contributed by atoms with Crippen molar-refractivity contribution in [1.29, 1.82) is 0 Å². The normalized spacial score (nSPS) is 16.4. The molecule has 0 fully saturated rings. The molecule has 1 amide bonds. The first kappa shape index (κ1) is 16.1. The Balaban J connectivity index is 1.71. The molecule has 0 aromatic heterocycles. The summed E-state index contributed by atoms with van der Waals surface area (Å²) >= 11 is 0. The molecule has 2 N–H and O–H groups in total. The third kappa shape index (κ3) is 3.74. The van der Waals surface area contributed by atoms with Crippen LogP contribution in [0, 0.1) is 0 Å². The molecule has 0 saturated heterocycles. The zero-order valence-corrected chi connectivity index (χ0v) is 13.2. The minimum atomic E-state index is -0.993. The van der Waals surface area contributed by atoms with E-state index in [4.69, 9.17) is 9.84 Å². The van der Waals surface area contributed by atoms with Crippen LogP contribution in [0.1, 0.15) is 40.4 Å². The van der Waals surface area contributed by atoms with E-state index in [1.54, 1.807) is 12.1 Å². The summed E-state index contributed by atoms with van der Waals surface area (Å²) in [5.74, 6) is -0.306. The fraction of sp³-hybridized carbons (Fsp3) is 0.263. The highest BCUT2D eigenvalue weighted by Gasteiger charge is 2.21. The van der Waals surface area contributed by atoms with Crippen LogP contribution in [0.5, 0.6) is 5.75 Å². The third-order valence-electron chi connectivity index (χ3n) is 4.06. The lowest BCUT2D eigenvalue weighted by Gasteiger charge is -2.18. The van der Waals surface area contributed by atoms with Gasteiger partial charge in [0.2, 0.25) is 5.91 Å². The Kier molecular flexibility index (Phi) is 4.79. The number of nitrogens with one attached hydrogen (secondary N) is 1. The Morgan fingerprint density at radius 1 is 1.17 bits per heavy atom. The van der Waals surface area contributed by atoms with E-state index in [9.17, 15) is 9.59 Å². The van der Waals surface area contributed by atoms with Gasteiger partial charge in [0, 0.05) is 5.56 Å². The number of ether oxygens (including phenoxy) is 1. The van der Waals surface area contributed by atoms with E-state index >= 15 is 0 Å². The van der Waals surface area contributed by atoms with Crippen molar-refractivity contribution < 1.29 is 19.4 Å². The number of rotatable bonds is 4. The highest BCUT2D eigenvalue weighted by Crippen LogP contribution is 2.31. The number of aromatic carboxylic acids is 1. The molecular formula is C19H19NO4. The standard InChI is InChI=1S/C19H19NO4/c21-18(12-13-5-3-6-14(11-13)19(22)23)20-16-8-4-10-24-17-9-2-1-7-15(16)17/h1-3,5-7,9,11,16H,4,8,10,12H2,(H,20,21)(H,22,23). The fourth-order valence-corrected chi connectivity index (χ4v) is 2.92. The van der Waals surface area contributed by atoms with Gasteiger partial charge < -0.3 is 15.2 Å². The number of carbonyl (C=O) groups excluding carboxylic acids is 1. The van der Waals surface area contributed by atoms with Crippen molar-refractivity contribution in [1.82, 2.24) is 5.32 Å². The zero-order chi connectivity index (χ0) is 16.9. The molecule has 0 saturated carbocycles. The summed E-state index contributed by atoms with van der Waals surface area (Å²) in [5.41, 5.74) is 1.86. The molecule has 2 aromatic carbocycles. The van der Waals surface area contributed by atoms with E-state index in [1.807, 2.05) is 24.3 Å². The molecule has 0 aliphatic carbocycles. The number of hydrogen-bond donors (Lipinski definition) is 2. The summed E-state index contributed by atoms with van der Waals surface area (Å²) in [6, 6.07) is 14.1. The Bertz CT molecular complexity index is 757. The molecule has 0 bridgehead atoms. The minimum absolute atomic E-state index is 0.0844. The van der Waals surface area contributed by atoms with Gasteiger partial charge >= 0.3 is 5.97 Å². The smallest absolute Gasteiger partial charge is 0.335 e. The average Bonchev–Trinajstić information content (AvgIpc) is 2.77. The molecule has 1 unspecified atom stereocenters. The lowest BCUT2D eigenvalue weighted by Crippen LogP contribution is -2.29. The number of benzene rings is 2. The highest BCUT2D eigenvalue weighted by atomic mass is 16.5. The average molecular weight is 325 g/mol. The van der Waals surface area contributed by atoms with Crippen molar-refractivity contribution in [2.45, 2.75) is 25.3 Å². The topological polar surface area (TPSA) is 75.6 Å². The monoisotopic (exact) mass is 325 g/mol. The van der Waals surface area contributed by atoms with Crippen LogP contribution in [-0.2, 0) is 11.2 Å². The van der Waals surface area contributed by atoms with E-state index in [-0.39, 0.29) is 23.9 Å². The van der Waals surface area contributed by atoms with Gasteiger partial charge in [0.05, 0.1) is 24.6 Å². The molecule has 24 heavy (non-hydrogen) atoms. The Labute approximate surface area is 140 Å². The van der Waals surface area contributed by atoms with Gasteiger partial charge in [0.25, 0.3) is 0 Å². The molecule has 124 valence electrons. The lowest BCUT2D eigenvalue weighted by atomic mass is 10.0. The first-order chi connectivity index (χ1) is 11.6. The number of para-hydroxylation sites is 1. The quantitative estimate of drug-likeness (QED) is 0.906. The SMILES string of the molecule is O=C(Cc1cccc(C(=O)O)c1)NC1CCCOc2ccccc21. The second kappa shape index (κ2) is 7.17. The second-order valence-electron chi connectivity index (χ2n) is 5.83. The Hall–Kier alpha value is -2.82. The van der Waals surface area contributed by atoms with Crippen LogP contribution in [0.3, 0.4) is 0 Å². The first-order valence-electron chi connectivity index (χ1n) is 7.97. The molecule has 3 rings (SSSR count). The number of hydrogen-bond acceptors (Lipinski definition) is 3. The van der Waals surface area contributed by atoms with E-state index in [0.717, 1.165) is 24.2 Å². The van der Waals surface area contributed by atoms with Gasteiger partial charge in [-0.2, -0.15) is 0 Å². The number of carboxylic acid groups (broad SMARTS) is 1. The van der Waals surface area contributed by atoms with E-state index < -0.39 is 5.97 Å². The molecule has 1 heterocycles. The van der Waals surface area contributed by atoms with Crippen molar-refractivity contribution >= 4 is 11.9 Å². The molecule has 5 heteroatoms. The number of carboxylic acids is 1. The van der Waals surface area contributed by atoms with E-state index in [1.165, 1.54) is 12.1 Å². The van der Waals surface area contributed by atoms with E-state index in [0.29, 0.717) is 12.2 Å². The maximum atomic E-state index is 12.4. The van der Waals surface area contributed by atoms with Crippen LogP contribution in [-0.4, -0.2) is 23.6 Å². The van der Waals surface area contributed by atoms with Crippen LogP contribution >= 0.6 is 0 Å².